The van der Waals surface area contributed by atoms with Crippen LogP contribution in [0.3, 0.4) is 0 Å². The van der Waals surface area contributed by atoms with E-state index in [9.17, 15) is 4.79 Å². The van der Waals surface area contributed by atoms with Crippen LogP contribution in [0.5, 0.6) is 0 Å². The summed E-state index contributed by atoms with van der Waals surface area (Å²) in [5.74, 6) is 2.40. The Morgan fingerprint density at radius 1 is 0.785 bits per heavy atom. The number of nitrogens with zero attached hydrogens (tertiary/aromatic N) is 8. The Balaban J connectivity index is 0.825. The van der Waals surface area contributed by atoms with E-state index in [1.54, 1.807) is 6.33 Å². The first-order valence-electron chi connectivity index (χ1n) is 23.4. The number of pyridine rings is 2. The first-order valence-corrected chi connectivity index (χ1v) is 23.4. The maximum Gasteiger partial charge on any atom is 0.233 e. The maximum atomic E-state index is 14.7. The van der Waals surface area contributed by atoms with E-state index >= 15 is 0 Å². The monoisotopic (exact) mass is 864 g/mol. The lowest BCUT2D eigenvalue weighted by molar-refractivity contribution is -0.119. The van der Waals surface area contributed by atoms with E-state index in [0.29, 0.717) is 17.8 Å². The van der Waals surface area contributed by atoms with Crippen molar-refractivity contribution in [3.05, 3.63) is 152 Å². The van der Waals surface area contributed by atoms with E-state index in [4.69, 9.17) is 9.72 Å². The van der Waals surface area contributed by atoms with Gasteiger partial charge in [0.15, 0.2) is 0 Å². The van der Waals surface area contributed by atoms with Crippen LogP contribution in [0.15, 0.2) is 135 Å². The van der Waals surface area contributed by atoms with Gasteiger partial charge in [-0.05, 0) is 102 Å². The Bertz CT molecular complexity index is 2840. The number of anilines is 2. The Labute approximate surface area is 379 Å². The molecule has 2 N–H and O–H groups in total. The lowest BCUT2D eigenvalue weighted by Gasteiger charge is -2.44. The predicted octanol–water partition coefficient (Wildman–Crippen LogP) is 8.98. The van der Waals surface area contributed by atoms with Crippen molar-refractivity contribution in [3.8, 4) is 22.5 Å². The molecule has 330 valence electrons. The quantitative estimate of drug-likeness (QED) is 0.0988. The van der Waals surface area contributed by atoms with Gasteiger partial charge in [0, 0.05) is 80.2 Å². The molecule has 1 saturated heterocycles. The van der Waals surface area contributed by atoms with Gasteiger partial charge < -0.3 is 28.9 Å². The average Bonchev–Trinajstić information content (AvgIpc) is 4.12. The highest BCUT2D eigenvalue weighted by Crippen LogP contribution is 2.43. The number of carbonyl (C=O) groups excluding carboxylic acids is 1. The molecule has 1 aliphatic heterocycles. The van der Waals surface area contributed by atoms with Crippen LogP contribution >= 0.6 is 0 Å². The van der Waals surface area contributed by atoms with Crippen LogP contribution in [0, 0.1) is 11.8 Å². The van der Waals surface area contributed by atoms with Crippen molar-refractivity contribution in [3.63, 3.8) is 0 Å². The summed E-state index contributed by atoms with van der Waals surface area (Å²) in [5, 5.41) is 2.44. The minimum Gasteiger partial charge on any atom is -0.379 e. The Morgan fingerprint density at radius 2 is 1.58 bits per heavy atom. The molecule has 5 aromatic heterocycles. The lowest BCUT2D eigenvalue weighted by atomic mass is 9.72. The van der Waals surface area contributed by atoms with Crippen LogP contribution in [0.2, 0.25) is 0 Å². The number of H-pyrrole nitrogens is 2. The molecule has 3 aliphatic rings. The van der Waals surface area contributed by atoms with Gasteiger partial charge in [-0.1, -0.05) is 61.0 Å². The number of benzene rings is 3. The summed E-state index contributed by atoms with van der Waals surface area (Å²) < 4.78 is 7.75. The number of rotatable bonds is 16. The number of carbonyl (C=O) groups is 1. The van der Waals surface area contributed by atoms with Crippen molar-refractivity contribution < 1.29 is 9.53 Å². The zero-order valence-corrected chi connectivity index (χ0v) is 36.8. The number of morpholine rings is 1. The second kappa shape index (κ2) is 18.5. The molecule has 8 aromatic rings. The van der Waals surface area contributed by atoms with Crippen molar-refractivity contribution in [1.29, 1.82) is 0 Å². The molecule has 2 aliphatic carbocycles. The minimum atomic E-state index is 0.0752. The number of nitrogens with one attached hydrogen (secondary N) is 2. The number of ether oxygens (including phenoxy) is 1. The second-order valence-electron chi connectivity index (χ2n) is 18.2. The van der Waals surface area contributed by atoms with Gasteiger partial charge in [-0.3, -0.25) is 14.7 Å². The van der Waals surface area contributed by atoms with Gasteiger partial charge >= 0.3 is 0 Å². The number of fused-ring (bicyclic) bond motifs is 2. The smallest absolute Gasteiger partial charge is 0.233 e. The average molecular weight is 865 g/mol. The highest BCUT2D eigenvalue weighted by Gasteiger charge is 2.38. The molecule has 6 heterocycles. The van der Waals surface area contributed by atoms with Crippen LogP contribution in [0.25, 0.3) is 38.9 Å². The summed E-state index contributed by atoms with van der Waals surface area (Å²) in [6, 6.07) is 32.0. The molecule has 3 unspecified atom stereocenters. The molecule has 0 bridgehead atoms. The number of aromatic nitrogens is 7. The van der Waals surface area contributed by atoms with Crippen LogP contribution in [-0.4, -0.2) is 97.1 Å². The third-order valence-electron chi connectivity index (χ3n) is 14.4. The van der Waals surface area contributed by atoms with Gasteiger partial charge in [-0.15, -0.1) is 0 Å². The van der Waals surface area contributed by atoms with Crippen LogP contribution in [0.1, 0.15) is 55.1 Å². The third-order valence-corrected chi connectivity index (χ3v) is 14.4. The minimum absolute atomic E-state index is 0.0752. The molecule has 11 rings (SSSR count). The van der Waals surface area contributed by atoms with Crippen molar-refractivity contribution in [2.45, 2.75) is 56.9 Å². The second-order valence-corrected chi connectivity index (χ2v) is 18.2. The summed E-state index contributed by atoms with van der Waals surface area (Å²) in [7, 11) is 0. The van der Waals surface area contributed by atoms with E-state index in [2.05, 4.69) is 112 Å². The van der Waals surface area contributed by atoms with Gasteiger partial charge in [-0.25, -0.2) is 15.0 Å². The molecule has 0 spiro atoms. The van der Waals surface area contributed by atoms with E-state index in [0.717, 1.165) is 123 Å². The fraction of sp³-hybridized carbons (Fsp3) is 0.340. The lowest BCUT2D eigenvalue weighted by Crippen LogP contribution is -2.54. The van der Waals surface area contributed by atoms with E-state index in [1.807, 2.05) is 59.8 Å². The molecule has 12 nitrogen and oxygen atoms in total. The zero-order chi connectivity index (χ0) is 43.5. The van der Waals surface area contributed by atoms with Crippen molar-refractivity contribution in [2.75, 3.05) is 55.7 Å². The van der Waals surface area contributed by atoms with Gasteiger partial charge in [0.05, 0.1) is 61.5 Å². The summed E-state index contributed by atoms with van der Waals surface area (Å²) in [6.07, 6.45) is 20.3. The number of imidazole rings is 3. The Kier molecular flexibility index (Phi) is 11.7. The number of hydrogen-bond acceptors (Lipinski definition) is 8. The van der Waals surface area contributed by atoms with Crippen LogP contribution in [0.4, 0.5) is 11.4 Å². The molecule has 65 heavy (non-hydrogen) atoms. The summed E-state index contributed by atoms with van der Waals surface area (Å²) in [6.45, 7) is 5.91. The zero-order valence-electron chi connectivity index (χ0n) is 36.8. The third kappa shape index (κ3) is 8.68. The summed E-state index contributed by atoms with van der Waals surface area (Å²) in [4.78, 5) is 47.3. The molecule has 12 heteroatoms. The summed E-state index contributed by atoms with van der Waals surface area (Å²) >= 11 is 0. The highest BCUT2D eigenvalue weighted by atomic mass is 16.5. The van der Waals surface area contributed by atoms with Gasteiger partial charge in [0.2, 0.25) is 5.91 Å². The molecular formula is C53H56N10O2. The van der Waals surface area contributed by atoms with Gasteiger partial charge in [-0.2, -0.15) is 0 Å². The van der Waals surface area contributed by atoms with Crippen molar-refractivity contribution >= 4 is 33.7 Å². The number of aromatic amines is 2. The van der Waals surface area contributed by atoms with E-state index in [-0.39, 0.29) is 18.4 Å². The van der Waals surface area contributed by atoms with Gasteiger partial charge in [0.25, 0.3) is 0 Å². The SMILES string of the molecule is O=C(Cc1cnc2ccccn12)N(c1ccc(-c2cnc(C3CCC3CN(CCc3cncc4ccccc34)c3ccc(-c4cnc[nH]4)cc3)[nH]2)cc1)C(CN1CCOCC1)C1CCC1. The van der Waals surface area contributed by atoms with Gasteiger partial charge in [0.1, 0.15) is 11.5 Å². The standard InChI is InChI=1S/C53H56N10O2/c64-52(28-45-31-56-51-10-3-4-22-62(45)51)63(50(39-7-5-8-39)35-60-24-26-65-27-25-60)44-18-13-38(14-19-44)49-33-57-53(59-49)47-20-15-42(47)34-61(43-16-11-37(12-17-43)48-32-55-36-58-48)23-21-41-30-54-29-40-6-1-2-9-46(40)41/h1-4,6,9-14,16-19,22,29-33,36,39,42,47,50H,5,7-8,15,20-21,23-28,34-35H2,(H,55,58)(H,57,59). The Morgan fingerprint density at radius 3 is 2.35 bits per heavy atom. The van der Waals surface area contributed by atoms with E-state index < -0.39 is 0 Å². The summed E-state index contributed by atoms with van der Waals surface area (Å²) in [5.41, 5.74) is 9.37. The number of hydrogen-bond donors (Lipinski definition) is 2. The fourth-order valence-electron chi connectivity index (χ4n) is 10.3. The molecule has 1 amide bonds. The molecule has 3 atom stereocenters. The largest absolute Gasteiger partial charge is 0.379 e. The molecular weight excluding hydrogens is 809 g/mol. The maximum absolute atomic E-state index is 14.7. The van der Waals surface area contributed by atoms with Crippen LogP contribution < -0.4 is 9.80 Å². The topological polar surface area (TPSA) is 124 Å². The fourth-order valence-corrected chi connectivity index (χ4v) is 10.3. The molecule has 0 radical (unpaired) electrons. The first kappa shape index (κ1) is 41.1. The first-order chi connectivity index (χ1) is 32.1. The molecule has 3 fully saturated rings. The molecule has 2 saturated carbocycles. The predicted molar refractivity (Wildman–Crippen MR) is 256 cm³/mol. The van der Waals surface area contributed by atoms with Crippen LogP contribution in [-0.2, 0) is 22.4 Å². The van der Waals surface area contributed by atoms with Crippen molar-refractivity contribution in [1.82, 2.24) is 39.2 Å². The normalized spacial score (nSPS) is 18.3. The highest BCUT2D eigenvalue weighted by molar-refractivity contribution is 5.95. The molecule has 3 aromatic carbocycles. The Hall–Kier alpha value is -6.63. The van der Waals surface area contributed by atoms with E-state index in [1.165, 1.54) is 28.4 Å². The van der Waals surface area contributed by atoms with Crippen molar-refractivity contribution in [2.24, 2.45) is 11.8 Å². The number of amides is 1.